The zero-order valence-electron chi connectivity index (χ0n) is 14.7. The molecule has 0 radical (unpaired) electrons. The molecular formula is C20H25N3O2. The van der Waals surface area contributed by atoms with Gasteiger partial charge in [0, 0.05) is 36.7 Å². The standard InChI is InChI=1S/C20H25N3O2/c1-2-4-15-5-3-13-23(14-10-15)20(25)17-6-7-18(22-19(17)24)16-8-11-21-12-9-16/h6-9,11-12,15H,2-5,10,13-14H2,1H3,(H,22,24). The van der Waals surface area contributed by atoms with Crippen molar-refractivity contribution < 1.29 is 4.79 Å². The summed E-state index contributed by atoms with van der Waals surface area (Å²) >= 11 is 0. The maximum Gasteiger partial charge on any atom is 0.261 e. The highest BCUT2D eigenvalue weighted by Crippen LogP contribution is 2.22. The summed E-state index contributed by atoms with van der Waals surface area (Å²) in [5.41, 5.74) is 1.48. The predicted octanol–water partition coefficient (Wildman–Crippen LogP) is 3.48. The number of nitrogens with zero attached hydrogens (tertiary/aromatic N) is 2. The van der Waals surface area contributed by atoms with Crippen LogP contribution in [0.4, 0.5) is 0 Å². The lowest BCUT2D eigenvalue weighted by Gasteiger charge is -2.20. The van der Waals surface area contributed by atoms with E-state index in [1.54, 1.807) is 24.5 Å². The van der Waals surface area contributed by atoms with Gasteiger partial charge in [0.1, 0.15) is 5.56 Å². The Labute approximate surface area is 148 Å². The van der Waals surface area contributed by atoms with E-state index in [2.05, 4.69) is 16.9 Å². The molecule has 0 aromatic carbocycles. The van der Waals surface area contributed by atoms with Crippen LogP contribution in [-0.2, 0) is 0 Å². The number of hydrogen-bond acceptors (Lipinski definition) is 3. The van der Waals surface area contributed by atoms with Crippen molar-refractivity contribution >= 4 is 5.91 Å². The van der Waals surface area contributed by atoms with Gasteiger partial charge in [-0.2, -0.15) is 0 Å². The van der Waals surface area contributed by atoms with Crippen LogP contribution in [0.1, 0.15) is 49.4 Å². The molecule has 2 aromatic rings. The van der Waals surface area contributed by atoms with Crippen LogP contribution in [0.3, 0.4) is 0 Å². The molecule has 3 rings (SSSR count). The van der Waals surface area contributed by atoms with Crippen molar-refractivity contribution in [1.29, 1.82) is 0 Å². The fraction of sp³-hybridized carbons (Fsp3) is 0.450. The highest BCUT2D eigenvalue weighted by molar-refractivity contribution is 5.94. The first-order valence-electron chi connectivity index (χ1n) is 9.12. The minimum absolute atomic E-state index is 0.153. The molecule has 0 aliphatic carbocycles. The van der Waals surface area contributed by atoms with Crippen molar-refractivity contribution in [3.63, 3.8) is 0 Å². The monoisotopic (exact) mass is 339 g/mol. The number of amides is 1. The fourth-order valence-corrected chi connectivity index (χ4v) is 3.58. The van der Waals surface area contributed by atoms with E-state index in [-0.39, 0.29) is 17.0 Å². The molecule has 132 valence electrons. The summed E-state index contributed by atoms with van der Waals surface area (Å²) in [6.07, 6.45) is 9.00. The lowest BCUT2D eigenvalue weighted by Crippen LogP contribution is -2.35. The summed E-state index contributed by atoms with van der Waals surface area (Å²) in [4.78, 5) is 33.9. The number of rotatable bonds is 4. The van der Waals surface area contributed by atoms with Gasteiger partial charge in [-0.15, -0.1) is 0 Å². The summed E-state index contributed by atoms with van der Waals surface area (Å²) in [5.74, 6) is 0.551. The van der Waals surface area contributed by atoms with Crippen molar-refractivity contribution in [1.82, 2.24) is 14.9 Å². The number of carbonyl (C=O) groups is 1. The molecule has 1 unspecified atom stereocenters. The first-order valence-corrected chi connectivity index (χ1v) is 9.12. The number of pyridine rings is 2. The van der Waals surface area contributed by atoms with E-state index in [0.717, 1.165) is 31.5 Å². The van der Waals surface area contributed by atoms with Gasteiger partial charge in [0.05, 0.1) is 0 Å². The lowest BCUT2D eigenvalue weighted by molar-refractivity contribution is 0.0758. The van der Waals surface area contributed by atoms with E-state index in [9.17, 15) is 9.59 Å². The molecule has 3 heterocycles. The number of aromatic amines is 1. The first-order chi connectivity index (χ1) is 12.2. The molecule has 0 spiro atoms. The van der Waals surface area contributed by atoms with Crippen LogP contribution in [0, 0.1) is 5.92 Å². The van der Waals surface area contributed by atoms with Gasteiger partial charge >= 0.3 is 0 Å². The van der Waals surface area contributed by atoms with Crippen molar-refractivity contribution in [2.45, 2.75) is 39.0 Å². The largest absolute Gasteiger partial charge is 0.338 e. The third-order valence-corrected chi connectivity index (χ3v) is 4.96. The van der Waals surface area contributed by atoms with E-state index in [0.29, 0.717) is 11.6 Å². The maximum atomic E-state index is 12.8. The lowest BCUT2D eigenvalue weighted by atomic mass is 9.96. The number of carbonyl (C=O) groups excluding carboxylic acids is 1. The van der Waals surface area contributed by atoms with Crippen molar-refractivity contribution in [2.75, 3.05) is 13.1 Å². The molecular weight excluding hydrogens is 314 g/mol. The van der Waals surface area contributed by atoms with Gasteiger partial charge in [-0.3, -0.25) is 14.6 Å². The Bertz CT molecular complexity index is 770. The van der Waals surface area contributed by atoms with E-state index >= 15 is 0 Å². The Kier molecular flexibility index (Phi) is 5.64. The SMILES string of the molecule is CCCC1CCCN(C(=O)c2ccc(-c3ccncc3)[nH]c2=O)CC1. The topological polar surface area (TPSA) is 66.1 Å². The highest BCUT2D eigenvalue weighted by Gasteiger charge is 2.23. The quantitative estimate of drug-likeness (QED) is 0.927. The Balaban J connectivity index is 1.75. The van der Waals surface area contributed by atoms with Crippen LogP contribution >= 0.6 is 0 Å². The molecule has 1 atom stereocenters. The van der Waals surface area contributed by atoms with Crippen molar-refractivity contribution in [3.05, 3.63) is 52.6 Å². The minimum Gasteiger partial charge on any atom is -0.338 e. The van der Waals surface area contributed by atoms with Gasteiger partial charge in [0.15, 0.2) is 0 Å². The average Bonchev–Trinajstić information content (AvgIpc) is 2.88. The number of likely N-dealkylation sites (tertiary alicyclic amines) is 1. The van der Waals surface area contributed by atoms with Gasteiger partial charge in [-0.25, -0.2) is 0 Å². The number of nitrogens with one attached hydrogen (secondary N) is 1. The molecule has 0 saturated carbocycles. The fourth-order valence-electron chi connectivity index (χ4n) is 3.58. The second kappa shape index (κ2) is 8.10. The zero-order chi connectivity index (χ0) is 17.6. The Hall–Kier alpha value is -2.43. The smallest absolute Gasteiger partial charge is 0.261 e. The van der Waals surface area contributed by atoms with E-state index < -0.39 is 0 Å². The van der Waals surface area contributed by atoms with Crippen LogP contribution in [0.25, 0.3) is 11.3 Å². The van der Waals surface area contributed by atoms with Crippen LogP contribution in [0.2, 0.25) is 0 Å². The molecule has 0 bridgehead atoms. The molecule has 1 fully saturated rings. The Morgan fingerprint density at radius 2 is 2.00 bits per heavy atom. The molecule has 1 aliphatic rings. The van der Waals surface area contributed by atoms with E-state index in [1.165, 1.54) is 19.3 Å². The maximum absolute atomic E-state index is 12.8. The summed E-state index contributed by atoms with van der Waals surface area (Å²) in [5, 5.41) is 0. The van der Waals surface area contributed by atoms with Gasteiger partial charge in [-0.05, 0) is 49.4 Å². The van der Waals surface area contributed by atoms with Gasteiger partial charge in [0.25, 0.3) is 11.5 Å². The van der Waals surface area contributed by atoms with Crippen LogP contribution < -0.4 is 5.56 Å². The van der Waals surface area contributed by atoms with Gasteiger partial charge in [-0.1, -0.05) is 19.8 Å². The summed E-state index contributed by atoms with van der Waals surface area (Å²) in [6, 6.07) is 7.10. The molecule has 5 nitrogen and oxygen atoms in total. The highest BCUT2D eigenvalue weighted by atomic mass is 16.2. The first kappa shape index (κ1) is 17.4. The normalized spacial score (nSPS) is 18.0. The van der Waals surface area contributed by atoms with Crippen LogP contribution in [-0.4, -0.2) is 33.9 Å². The zero-order valence-corrected chi connectivity index (χ0v) is 14.7. The van der Waals surface area contributed by atoms with Gasteiger partial charge in [0.2, 0.25) is 0 Å². The second-order valence-electron chi connectivity index (χ2n) is 6.73. The molecule has 1 saturated heterocycles. The summed E-state index contributed by atoms with van der Waals surface area (Å²) in [7, 11) is 0. The summed E-state index contributed by atoms with van der Waals surface area (Å²) in [6.45, 7) is 3.69. The number of hydrogen-bond donors (Lipinski definition) is 1. The molecule has 2 aromatic heterocycles. The number of aromatic nitrogens is 2. The van der Waals surface area contributed by atoms with E-state index in [1.807, 2.05) is 17.0 Å². The third-order valence-electron chi connectivity index (χ3n) is 4.96. The minimum atomic E-state index is -0.325. The van der Waals surface area contributed by atoms with E-state index in [4.69, 9.17) is 0 Å². The van der Waals surface area contributed by atoms with Crippen LogP contribution in [0.15, 0.2) is 41.5 Å². The Morgan fingerprint density at radius 3 is 2.72 bits per heavy atom. The predicted molar refractivity (Wildman–Crippen MR) is 98.4 cm³/mol. The molecule has 1 N–H and O–H groups in total. The summed E-state index contributed by atoms with van der Waals surface area (Å²) < 4.78 is 0. The average molecular weight is 339 g/mol. The number of H-pyrrole nitrogens is 1. The Morgan fingerprint density at radius 1 is 1.20 bits per heavy atom. The van der Waals surface area contributed by atoms with Crippen molar-refractivity contribution in [3.8, 4) is 11.3 Å². The third kappa shape index (κ3) is 4.16. The molecule has 25 heavy (non-hydrogen) atoms. The molecule has 1 aliphatic heterocycles. The van der Waals surface area contributed by atoms with Gasteiger partial charge < -0.3 is 9.88 Å². The van der Waals surface area contributed by atoms with Crippen LogP contribution in [0.5, 0.6) is 0 Å². The second-order valence-corrected chi connectivity index (χ2v) is 6.73. The van der Waals surface area contributed by atoms with Crippen molar-refractivity contribution in [2.24, 2.45) is 5.92 Å². The molecule has 5 heteroatoms. The molecule has 1 amide bonds.